The Bertz CT molecular complexity index is 1520. The standard InChI is InChI=1S/C29H26N4O3/c1-18-8-10-19(11-9-18)17-30-29(34)23-16-24(22-6-4-5-7-25(22)36-3)31-28-26(23)27(32-33-28)20-12-14-21(35-2)15-13-20/h4-16H,17H2,1-3H3,(H,30,34)(H,31,32,33). The van der Waals surface area contributed by atoms with Crippen LogP contribution in [0, 0.1) is 6.92 Å². The van der Waals surface area contributed by atoms with Crippen molar-refractivity contribution in [3.05, 3.63) is 95.6 Å². The smallest absolute Gasteiger partial charge is 0.252 e. The number of carbonyl (C=O) groups is 1. The number of pyridine rings is 1. The van der Waals surface area contributed by atoms with Crippen molar-refractivity contribution >= 4 is 16.9 Å². The third-order valence-electron chi connectivity index (χ3n) is 6.10. The molecule has 5 aromatic rings. The maximum Gasteiger partial charge on any atom is 0.252 e. The van der Waals surface area contributed by atoms with Crippen molar-refractivity contribution in [2.75, 3.05) is 14.2 Å². The average molecular weight is 479 g/mol. The highest BCUT2D eigenvalue weighted by Gasteiger charge is 2.21. The Labute approximate surface area is 209 Å². The normalized spacial score (nSPS) is 10.9. The maximum absolute atomic E-state index is 13.6. The van der Waals surface area contributed by atoms with E-state index < -0.39 is 0 Å². The number of aryl methyl sites for hydroxylation is 1. The Hall–Kier alpha value is -4.65. The van der Waals surface area contributed by atoms with Gasteiger partial charge in [0.15, 0.2) is 5.65 Å². The number of carbonyl (C=O) groups excluding carboxylic acids is 1. The summed E-state index contributed by atoms with van der Waals surface area (Å²) in [7, 11) is 3.24. The minimum atomic E-state index is -0.213. The fraction of sp³-hybridized carbons (Fsp3) is 0.138. The van der Waals surface area contributed by atoms with E-state index in [0.29, 0.717) is 40.3 Å². The first-order valence-corrected chi connectivity index (χ1v) is 11.6. The van der Waals surface area contributed by atoms with E-state index in [1.54, 1.807) is 20.3 Å². The molecule has 0 aliphatic carbocycles. The Morgan fingerprint density at radius 2 is 1.69 bits per heavy atom. The molecule has 7 heteroatoms. The van der Waals surface area contributed by atoms with E-state index in [1.165, 1.54) is 5.56 Å². The number of aromatic amines is 1. The Balaban J connectivity index is 1.61. The molecule has 0 aliphatic heterocycles. The average Bonchev–Trinajstić information content (AvgIpc) is 3.36. The van der Waals surface area contributed by atoms with Crippen LogP contribution in [-0.2, 0) is 6.54 Å². The molecule has 0 atom stereocenters. The Morgan fingerprint density at radius 1 is 0.944 bits per heavy atom. The molecule has 2 heterocycles. The van der Waals surface area contributed by atoms with Crippen molar-refractivity contribution in [1.29, 1.82) is 0 Å². The first-order chi connectivity index (χ1) is 17.6. The van der Waals surface area contributed by atoms with Gasteiger partial charge in [-0.15, -0.1) is 0 Å². The molecule has 0 spiro atoms. The van der Waals surface area contributed by atoms with Gasteiger partial charge in [0.2, 0.25) is 0 Å². The van der Waals surface area contributed by atoms with Crippen molar-refractivity contribution in [3.8, 4) is 34.0 Å². The van der Waals surface area contributed by atoms with Gasteiger partial charge in [-0.3, -0.25) is 9.89 Å². The number of methoxy groups -OCH3 is 2. The molecule has 5 rings (SSSR count). The van der Waals surface area contributed by atoms with Gasteiger partial charge in [-0.05, 0) is 55.0 Å². The van der Waals surface area contributed by atoms with E-state index in [-0.39, 0.29) is 5.91 Å². The highest BCUT2D eigenvalue weighted by atomic mass is 16.5. The monoisotopic (exact) mass is 478 g/mol. The molecule has 2 aromatic heterocycles. The van der Waals surface area contributed by atoms with Gasteiger partial charge in [0.25, 0.3) is 5.91 Å². The van der Waals surface area contributed by atoms with Crippen LogP contribution >= 0.6 is 0 Å². The number of ether oxygens (including phenoxy) is 2. The first kappa shape index (κ1) is 23.1. The number of H-pyrrole nitrogens is 1. The summed E-state index contributed by atoms with van der Waals surface area (Å²) in [4.78, 5) is 18.4. The summed E-state index contributed by atoms with van der Waals surface area (Å²) < 4.78 is 10.8. The van der Waals surface area contributed by atoms with Gasteiger partial charge in [0, 0.05) is 17.7 Å². The van der Waals surface area contributed by atoms with E-state index >= 15 is 0 Å². The third-order valence-corrected chi connectivity index (χ3v) is 6.10. The lowest BCUT2D eigenvalue weighted by Crippen LogP contribution is -2.23. The highest BCUT2D eigenvalue weighted by Crippen LogP contribution is 2.34. The number of amides is 1. The summed E-state index contributed by atoms with van der Waals surface area (Å²) in [5.41, 5.74) is 6.09. The molecule has 2 N–H and O–H groups in total. The van der Waals surface area contributed by atoms with Gasteiger partial charge in [0.05, 0.1) is 36.6 Å². The quantitative estimate of drug-likeness (QED) is 0.320. The zero-order valence-electron chi connectivity index (χ0n) is 20.3. The Kier molecular flexibility index (Phi) is 6.36. The van der Waals surface area contributed by atoms with Crippen LogP contribution in [-0.4, -0.2) is 35.3 Å². The maximum atomic E-state index is 13.6. The number of benzene rings is 3. The van der Waals surface area contributed by atoms with Gasteiger partial charge >= 0.3 is 0 Å². The minimum Gasteiger partial charge on any atom is -0.497 e. The van der Waals surface area contributed by atoms with Gasteiger partial charge in [-0.25, -0.2) is 4.98 Å². The molecular formula is C29H26N4O3. The van der Waals surface area contributed by atoms with E-state index in [2.05, 4.69) is 15.5 Å². The molecule has 0 bridgehead atoms. The summed E-state index contributed by atoms with van der Waals surface area (Å²) in [6.45, 7) is 2.44. The van der Waals surface area contributed by atoms with Crippen LogP contribution in [0.2, 0.25) is 0 Å². The lowest BCUT2D eigenvalue weighted by molar-refractivity contribution is 0.0952. The molecule has 0 aliphatic rings. The van der Waals surface area contributed by atoms with Crippen molar-refractivity contribution in [2.45, 2.75) is 13.5 Å². The van der Waals surface area contributed by atoms with Crippen LogP contribution in [0.1, 0.15) is 21.5 Å². The van der Waals surface area contributed by atoms with Gasteiger partial charge in [-0.1, -0.05) is 42.0 Å². The van der Waals surface area contributed by atoms with Crippen molar-refractivity contribution in [2.24, 2.45) is 0 Å². The highest BCUT2D eigenvalue weighted by molar-refractivity contribution is 6.11. The predicted octanol–water partition coefficient (Wildman–Crippen LogP) is 5.55. The topological polar surface area (TPSA) is 89.1 Å². The zero-order chi connectivity index (χ0) is 25.1. The van der Waals surface area contributed by atoms with Gasteiger partial charge in [0.1, 0.15) is 11.5 Å². The second-order valence-corrected chi connectivity index (χ2v) is 8.45. The van der Waals surface area contributed by atoms with E-state index in [0.717, 1.165) is 22.4 Å². The molecule has 0 saturated carbocycles. The number of para-hydroxylation sites is 1. The van der Waals surface area contributed by atoms with Crippen molar-refractivity contribution in [3.63, 3.8) is 0 Å². The number of hydrogen-bond donors (Lipinski definition) is 2. The summed E-state index contributed by atoms with van der Waals surface area (Å²) >= 11 is 0. The minimum absolute atomic E-state index is 0.213. The number of aromatic nitrogens is 3. The molecule has 3 aromatic carbocycles. The molecule has 0 unspecified atom stereocenters. The number of rotatable bonds is 7. The van der Waals surface area contributed by atoms with E-state index in [1.807, 2.05) is 79.7 Å². The Morgan fingerprint density at radius 3 is 2.42 bits per heavy atom. The number of hydrogen-bond acceptors (Lipinski definition) is 5. The van der Waals surface area contributed by atoms with Crippen LogP contribution in [0.5, 0.6) is 11.5 Å². The largest absolute Gasteiger partial charge is 0.497 e. The van der Waals surface area contributed by atoms with Gasteiger partial charge < -0.3 is 14.8 Å². The lowest BCUT2D eigenvalue weighted by atomic mass is 10.0. The fourth-order valence-electron chi connectivity index (χ4n) is 4.15. The van der Waals surface area contributed by atoms with Crippen molar-refractivity contribution < 1.29 is 14.3 Å². The van der Waals surface area contributed by atoms with Crippen LogP contribution in [0.25, 0.3) is 33.5 Å². The number of nitrogens with zero attached hydrogens (tertiary/aromatic N) is 2. The number of fused-ring (bicyclic) bond motifs is 1. The van der Waals surface area contributed by atoms with Crippen LogP contribution in [0.3, 0.4) is 0 Å². The fourth-order valence-corrected chi connectivity index (χ4v) is 4.15. The van der Waals surface area contributed by atoms with Crippen molar-refractivity contribution in [1.82, 2.24) is 20.5 Å². The van der Waals surface area contributed by atoms with Crippen LogP contribution in [0.4, 0.5) is 0 Å². The van der Waals surface area contributed by atoms with E-state index in [9.17, 15) is 4.79 Å². The number of nitrogens with one attached hydrogen (secondary N) is 2. The van der Waals surface area contributed by atoms with Crippen LogP contribution < -0.4 is 14.8 Å². The predicted molar refractivity (Wildman–Crippen MR) is 140 cm³/mol. The van der Waals surface area contributed by atoms with Crippen LogP contribution in [0.15, 0.2) is 78.9 Å². The first-order valence-electron chi connectivity index (χ1n) is 11.6. The van der Waals surface area contributed by atoms with Gasteiger partial charge in [-0.2, -0.15) is 5.10 Å². The SMILES string of the molecule is COc1ccc(-c2[nH]nc3nc(-c4ccccc4OC)cc(C(=O)NCc4ccc(C)cc4)c23)cc1. The molecule has 7 nitrogen and oxygen atoms in total. The second-order valence-electron chi connectivity index (χ2n) is 8.45. The molecule has 180 valence electrons. The molecular weight excluding hydrogens is 452 g/mol. The summed E-state index contributed by atoms with van der Waals surface area (Å²) in [5, 5.41) is 11.3. The second kappa shape index (κ2) is 9.92. The summed E-state index contributed by atoms with van der Waals surface area (Å²) in [6, 6.07) is 25.1. The lowest BCUT2D eigenvalue weighted by Gasteiger charge is -2.12. The molecule has 1 amide bonds. The summed E-state index contributed by atoms with van der Waals surface area (Å²) in [5.74, 6) is 1.20. The van der Waals surface area contributed by atoms with E-state index in [4.69, 9.17) is 14.5 Å². The molecule has 0 radical (unpaired) electrons. The molecule has 36 heavy (non-hydrogen) atoms. The zero-order valence-corrected chi connectivity index (χ0v) is 20.3. The molecule has 0 fully saturated rings. The summed E-state index contributed by atoms with van der Waals surface area (Å²) in [6.07, 6.45) is 0. The third kappa shape index (κ3) is 4.51. The molecule has 0 saturated heterocycles.